The number of carbonyl (C=O) groups is 1. The van der Waals surface area contributed by atoms with Gasteiger partial charge in [0.1, 0.15) is 11.6 Å². The maximum Gasteiger partial charge on any atom is 0.253 e. The van der Waals surface area contributed by atoms with Gasteiger partial charge in [-0.2, -0.15) is 9.97 Å². The quantitative estimate of drug-likeness (QED) is 0.398. The number of amides is 1. The average Bonchev–Trinajstić information content (AvgIpc) is 2.53. The van der Waals surface area contributed by atoms with E-state index in [4.69, 9.17) is 11.7 Å². The van der Waals surface area contributed by atoms with Gasteiger partial charge in [0, 0.05) is 31.4 Å². The number of hydrogen-bond donors (Lipinski definition) is 5. The Bertz CT molecular complexity index is 651. The van der Waals surface area contributed by atoms with Crippen molar-refractivity contribution in [2.24, 2.45) is 11.7 Å². The molecule has 1 amide bonds. The van der Waals surface area contributed by atoms with Gasteiger partial charge in [-0.05, 0) is 18.2 Å². The standard InChI is InChI=1S/C13H18N8O/c1-21(2)12(22)8-4-3-5-9(6-8)16-13-17-10(19-14)7-11(18-13)20-15/h3-7H,14-15H2,1-2H3,(H3,16,17,18,19,20). The molecule has 0 aliphatic heterocycles. The van der Waals surface area contributed by atoms with Crippen LogP contribution in [0.15, 0.2) is 30.3 Å². The van der Waals surface area contributed by atoms with Crippen molar-refractivity contribution < 1.29 is 4.79 Å². The molecular formula is C13H18N8O. The van der Waals surface area contributed by atoms with Gasteiger partial charge < -0.3 is 21.1 Å². The molecule has 0 unspecified atom stereocenters. The third-order valence-corrected chi connectivity index (χ3v) is 2.79. The molecule has 0 aliphatic carbocycles. The predicted molar refractivity (Wildman–Crippen MR) is 85.4 cm³/mol. The van der Waals surface area contributed by atoms with Crippen LogP contribution in [0.3, 0.4) is 0 Å². The number of nitrogens with zero attached hydrogens (tertiary/aromatic N) is 3. The van der Waals surface area contributed by atoms with E-state index in [1.54, 1.807) is 44.4 Å². The number of aromatic nitrogens is 2. The van der Waals surface area contributed by atoms with Crippen LogP contribution in [0.5, 0.6) is 0 Å². The van der Waals surface area contributed by atoms with Crippen LogP contribution < -0.4 is 27.9 Å². The highest BCUT2D eigenvalue weighted by atomic mass is 16.2. The summed E-state index contributed by atoms with van der Waals surface area (Å²) in [6, 6.07) is 8.57. The molecular weight excluding hydrogens is 284 g/mol. The third kappa shape index (κ3) is 3.59. The smallest absolute Gasteiger partial charge is 0.253 e. The Morgan fingerprint density at radius 3 is 2.27 bits per heavy atom. The lowest BCUT2D eigenvalue weighted by Crippen LogP contribution is -2.21. The molecule has 1 aromatic carbocycles. The van der Waals surface area contributed by atoms with E-state index in [2.05, 4.69) is 26.1 Å². The van der Waals surface area contributed by atoms with Crippen molar-refractivity contribution >= 4 is 29.2 Å². The van der Waals surface area contributed by atoms with Crippen LogP contribution in [0.25, 0.3) is 0 Å². The lowest BCUT2D eigenvalue weighted by Gasteiger charge is -2.12. The summed E-state index contributed by atoms with van der Waals surface area (Å²) in [6.45, 7) is 0. The first kappa shape index (κ1) is 15.5. The minimum absolute atomic E-state index is 0.0914. The van der Waals surface area contributed by atoms with Crippen molar-refractivity contribution in [3.8, 4) is 0 Å². The fourth-order valence-corrected chi connectivity index (χ4v) is 1.77. The van der Waals surface area contributed by atoms with E-state index in [1.807, 2.05) is 0 Å². The maximum atomic E-state index is 12.0. The largest absolute Gasteiger partial charge is 0.345 e. The van der Waals surface area contributed by atoms with Gasteiger partial charge in [0.25, 0.3) is 5.91 Å². The third-order valence-electron chi connectivity index (χ3n) is 2.79. The summed E-state index contributed by atoms with van der Waals surface area (Å²) in [7, 11) is 3.39. The highest BCUT2D eigenvalue weighted by Gasteiger charge is 2.09. The molecule has 22 heavy (non-hydrogen) atoms. The normalized spacial score (nSPS) is 10.0. The van der Waals surface area contributed by atoms with Crippen molar-refractivity contribution in [2.45, 2.75) is 0 Å². The number of hydrazine groups is 2. The van der Waals surface area contributed by atoms with E-state index in [0.29, 0.717) is 22.9 Å². The van der Waals surface area contributed by atoms with E-state index in [0.717, 1.165) is 0 Å². The second-order valence-electron chi connectivity index (χ2n) is 4.66. The molecule has 0 fully saturated rings. The zero-order valence-electron chi connectivity index (χ0n) is 12.3. The summed E-state index contributed by atoms with van der Waals surface area (Å²) < 4.78 is 0. The van der Waals surface area contributed by atoms with Crippen LogP contribution in [0.4, 0.5) is 23.3 Å². The zero-order chi connectivity index (χ0) is 16.1. The summed E-state index contributed by atoms with van der Waals surface area (Å²) in [4.78, 5) is 21.8. The van der Waals surface area contributed by atoms with Crippen molar-refractivity contribution in [1.82, 2.24) is 14.9 Å². The van der Waals surface area contributed by atoms with Crippen molar-refractivity contribution in [3.63, 3.8) is 0 Å². The van der Waals surface area contributed by atoms with Crippen LogP contribution in [0.1, 0.15) is 10.4 Å². The highest BCUT2D eigenvalue weighted by molar-refractivity contribution is 5.94. The number of anilines is 4. The molecule has 0 radical (unpaired) electrons. The number of carbonyl (C=O) groups excluding carboxylic acids is 1. The molecule has 1 aromatic heterocycles. The first-order valence-corrected chi connectivity index (χ1v) is 6.44. The molecule has 0 saturated carbocycles. The average molecular weight is 302 g/mol. The molecule has 0 atom stereocenters. The molecule has 9 heteroatoms. The summed E-state index contributed by atoms with van der Waals surface area (Å²) in [5.74, 6) is 11.7. The number of rotatable bonds is 5. The lowest BCUT2D eigenvalue weighted by atomic mass is 10.2. The van der Waals surface area contributed by atoms with Gasteiger partial charge >= 0.3 is 0 Å². The minimum Gasteiger partial charge on any atom is -0.345 e. The second-order valence-corrected chi connectivity index (χ2v) is 4.66. The van der Waals surface area contributed by atoms with Gasteiger partial charge in [0.05, 0.1) is 0 Å². The highest BCUT2D eigenvalue weighted by Crippen LogP contribution is 2.18. The number of hydrogen-bond acceptors (Lipinski definition) is 8. The lowest BCUT2D eigenvalue weighted by molar-refractivity contribution is 0.0827. The fraction of sp³-hybridized carbons (Fsp3) is 0.154. The molecule has 116 valence electrons. The van der Waals surface area contributed by atoms with Gasteiger partial charge in [-0.25, -0.2) is 11.7 Å². The van der Waals surface area contributed by atoms with Gasteiger partial charge in [0.15, 0.2) is 0 Å². The molecule has 7 N–H and O–H groups in total. The van der Waals surface area contributed by atoms with Crippen LogP contribution in [-0.4, -0.2) is 34.9 Å². The first-order chi connectivity index (χ1) is 10.5. The molecule has 9 nitrogen and oxygen atoms in total. The first-order valence-electron chi connectivity index (χ1n) is 6.44. The second kappa shape index (κ2) is 6.70. The predicted octanol–water partition coefficient (Wildman–Crippen LogP) is 0.493. The van der Waals surface area contributed by atoms with Gasteiger partial charge in [-0.1, -0.05) is 6.07 Å². The van der Waals surface area contributed by atoms with Crippen molar-refractivity contribution in [3.05, 3.63) is 35.9 Å². The van der Waals surface area contributed by atoms with Crippen molar-refractivity contribution in [2.75, 3.05) is 30.3 Å². The Balaban J connectivity index is 2.27. The summed E-state index contributed by atoms with van der Waals surface area (Å²) in [6.07, 6.45) is 0. The Morgan fingerprint density at radius 2 is 1.73 bits per heavy atom. The van der Waals surface area contributed by atoms with Crippen molar-refractivity contribution in [1.29, 1.82) is 0 Å². The summed E-state index contributed by atoms with van der Waals surface area (Å²) in [5.41, 5.74) is 6.08. The Kier molecular flexibility index (Phi) is 4.71. The molecule has 2 rings (SSSR count). The molecule has 0 aliphatic rings. The fourth-order valence-electron chi connectivity index (χ4n) is 1.77. The van der Waals surface area contributed by atoms with Crippen LogP contribution in [0, 0.1) is 0 Å². The number of nitrogens with two attached hydrogens (primary N) is 2. The van der Waals surface area contributed by atoms with E-state index in [1.165, 1.54) is 4.90 Å². The van der Waals surface area contributed by atoms with Gasteiger partial charge in [0.2, 0.25) is 5.95 Å². The maximum absolute atomic E-state index is 12.0. The Morgan fingerprint density at radius 1 is 1.09 bits per heavy atom. The molecule has 0 bridgehead atoms. The summed E-state index contributed by atoms with van der Waals surface area (Å²) >= 11 is 0. The van der Waals surface area contributed by atoms with E-state index < -0.39 is 0 Å². The molecule has 0 spiro atoms. The molecule has 0 saturated heterocycles. The monoisotopic (exact) mass is 302 g/mol. The van der Waals surface area contributed by atoms with E-state index in [-0.39, 0.29) is 11.9 Å². The Hall–Kier alpha value is -2.91. The molecule has 2 aromatic rings. The van der Waals surface area contributed by atoms with Gasteiger partial charge in [-0.15, -0.1) is 0 Å². The van der Waals surface area contributed by atoms with E-state index >= 15 is 0 Å². The number of nitrogens with one attached hydrogen (secondary N) is 3. The SMILES string of the molecule is CN(C)C(=O)c1cccc(Nc2nc(NN)cc(NN)n2)c1. The minimum atomic E-state index is -0.0914. The van der Waals surface area contributed by atoms with Crippen LogP contribution in [0.2, 0.25) is 0 Å². The Labute approximate surface area is 127 Å². The number of benzene rings is 1. The topological polar surface area (TPSA) is 134 Å². The molecule has 1 heterocycles. The zero-order valence-corrected chi connectivity index (χ0v) is 12.3. The number of nitrogen functional groups attached to an aromatic ring is 2. The van der Waals surface area contributed by atoms with Crippen LogP contribution >= 0.6 is 0 Å². The van der Waals surface area contributed by atoms with Gasteiger partial charge in [-0.3, -0.25) is 4.79 Å². The van der Waals surface area contributed by atoms with Crippen LogP contribution in [-0.2, 0) is 0 Å². The summed E-state index contributed by atoms with van der Waals surface area (Å²) in [5, 5.41) is 3.00. The van der Waals surface area contributed by atoms with E-state index in [9.17, 15) is 4.79 Å².